The molecule has 1 heterocycles. The molecule has 138 valence electrons. The van der Waals surface area contributed by atoms with E-state index in [1.54, 1.807) is 0 Å². The number of hydrogen-bond acceptors (Lipinski definition) is 2. The van der Waals surface area contributed by atoms with Gasteiger partial charge in [-0.2, -0.15) is 0 Å². The normalized spacial score (nSPS) is 17.0. The lowest BCUT2D eigenvalue weighted by molar-refractivity contribution is -0.122. The van der Waals surface area contributed by atoms with Crippen LogP contribution in [-0.4, -0.2) is 30.4 Å². The lowest BCUT2D eigenvalue weighted by atomic mass is 9.95. The molecule has 0 bridgehead atoms. The van der Waals surface area contributed by atoms with E-state index in [9.17, 15) is 4.79 Å². The van der Waals surface area contributed by atoms with E-state index in [-0.39, 0.29) is 17.9 Å². The van der Waals surface area contributed by atoms with Crippen molar-refractivity contribution in [2.75, 3.05) is 19.6 Å². The van der Waals surface area contributed by atoms with Gasteiger partial charge >= 0.3 is 0 Å². The third-order valence-corrected chi connectivity index (χ3v) is 5.59. The minimum Gasteiger partial charge on any atom is -0.354 e. The molecule has 1 saturated heterocycles. The van der Waals surface area contributed by atoms with E-state index in [1.165, 1.54) is 12.8 Å². The predicted octanol–water partition coefficient (Wildman–Crippen LogP) is 4.79. The first-order valence-corrected chi connectivity index (χ1v) is 9.89. The second-order valence-electron chi connectivity index (χ2n) is 6.90. The molecule has 0 unspecified atom stereocenters. The molecule has 0 saturated carbocycles. The maximum absolute atomic E-state index is 12.8. The number of likely N-dealkylation sites (tertiary alicyclic amines) is 1. The van der Waals surface area contributed by atoms with Gasteiger partial charge in [-0.3, -0.25) is 9.69 Å². The summed E-state index contributed by atoms with van der Waals surface area (Å²) >= 11 is 6.46. The van der Waals surface area contributed by atoms with Crippen LogP contribution in [0.5, 0.6) is 0 Å². The van der Waals surface area contributed by atoms with Gasteiger partial charge in [0.15, 0.2) is 0 Å². The first-order chi connectivity index (χ1) is 12.7. The fourth-order valence-corrected chi connectivity index (χ4v) is 4.07. The van der Waals surface area contributed by atoms with E-state index in [0.717, 1.165) is 35.7 Å². The lowest BCUT2D eigenvalue weighted by Crippen LogP contribution is -2.38. The first-order valence-electron chi connectivity index (χ1n) is 9.51. The lowest BCUT2D eigenvalue weighted by Gasteiger charge is -2.29. The summed E-state index contributed by atoms with van der Waals surface area (Å²) < 4.78 is 0. The van der Waals surface area contributed by atoms with E-state index in [4.69, 9.17) is 11.6 Å². The summed E-state index contributed by atoms with van der Waals surface area (Å²) in [6, 6.07) is 18.1. The van der Waals surface area contributed by atoms with Crippen LogP contribution in [0.2, 0.25) is 5.02 Å². The molecule has 4 heteroatoms. The SMILES string of the molecule is CC[C@@H](C(=O)NC[C@H](c1ccccc1Cl)N1CCCC1)c1ccccc1. The topological polar surface area (TPSA) is 32.3 Å². The van der Waals surface area contributed by atoms with Crippen LogP contribution in [0.4, 0.5) is 0 Å². The number of carbonyl (C=O) groups is 1. The second-order valence-corrected chi connectivity index (χ2v) is 7.30. The quantitative estimate of drug-likeness (QED) is 0.760. The molecule has 0 aliphatic carbocycles. The van der Waals surface area contributed by atoms with Gasteiger partial charge in [0.25, 0.3) is 0 Å². The van der Waals surface area contributed by atoms with Crippen molar-refractivity contribution in [3.8, 4) is 0 Å². The summed E-state index contributed by atoms with van der Waals surface area (Å²) in [6.45, 7) is 4.76. The Bertz CT molecular complexity index is 713. The van der Waals surface area contributed by atoms with Crippen molar-refractivity contribution in [3.63, 3.8) is 0 Å². The summed E-state index contributed by atoms with van der Waals surface area (Å²) in [6.07, 6.45) is 3.20. The molecular weight excluding hydrogens is 344 g/mol. The summed E-state index contributed by atoms with van der Waals surface area (Å²) in [4.78, 5) is 15.3. The Kier molecular flexibility index (Phi) is 6.70. The van der Waals surface area contributed by atoms with Crippen molar-refractivity contribution >= 4 is 17.5 Å². The van der Waals surface area contributed by atoms with Crippen LogP contribution >= 0.6 is 11.6 Å². The van der Waals surface area contributed by atoms with Crippen LogP contribution in [0.25, 0.3) is 0 Å². The van der Waals surface area contributed by atoms with Crippen LogP contribution in [0, 0.1) is 0 Å². The van der Waals surface area contributed by atoms with Gasteiger partial charge in [-0.05, 0) is 49.5 Å². The minimum atomic E-state index is -0.110. The van der Waals surface area contributed by atoms with Gasteiger partial charge in [0.2, 0.25) is 5.91 Å². The molecule has 0 radical (unpaired) electrons. The molecule has 2 aromatic rings. The molecule has 3 nitrogen and oxygen atoms in total. The number of halogens is 1. The second kappa shape index (κ2) is 9.20. The van der Waals surface area contributed by atoms with E-state index >= 15 is 0 Å². The van der Waals surface area contributed by atoms with Crippen molar-refractivity contribution in [2.24, 2.45) is 0 Å². The number of rotatable bonds is 7. The number of nitrogens with one attached hydrogen (secondary N) is 1. The molecule has 0 aromatic heterocycles. The molecule has 1 aliphatic rings. The van der Waals surface area contributed by atoms with Crippen LogP contribution in [0.1, 0.15) is 49.3 Å². The monoisotopic (exact) mass is 370 g/mol. The van der Waals surface area contributed by atoms with Crippen LogP contribution in [0.15, 0.2) is 54.6 Å². The average Bonchev–Trinajstić information content (AvgIpc) is 3.19. The van der Waals surface area contributed by atoms with Crippen molar-refractivity contribution in [1.29, 1.82) is 0 Å². The first kappa shape index (κ1) is 18.9. The summed E-state index contributed by atoms with van der Waals surface area (Å²) in [7, 11) is 0. The number of carbonyl (C=O) groups excluding carboxylic acids is 1. The van der Waals surface area contributed by atoms with Gasteiger partial charge in [0, 0.05) is 11.6 Å². The molecule has 1 aliphatic heterocycles. The molecule has 3 rings (SSSR count). The molecule has 2 atom stereocenters. The maximum Gasteiger partial charge on any atom is 0.227 e. The van der Waals surface area contributed by atoms with Gasteiger partial charge < -0.3 is 5.32 Å². The highest BCUT2D eigenvalue weighted by atomic mass is 35.5. The largest absolute Gasteiger partial charge is 0.354 e. The Labute approximate surface area is 161 Å². The van der Waals surface area contributed by atoms with Gasteiger partial charge in [0.1, 0.15) is 0 Å². The fourth-order valence-electron chi connectivity index (χ4n) is 3.81. The van der Waals surface area contributed by atoms with E-state index in [0.29, 0.717) is 6.54 Å². The molecule has 26 heavy (non-hydrogen) atoms. The van der Waals surface area contributed by atoms with Crippen molar-refractivity contribution < 1.29 is 4.79 Å². The fraction of sp³-hybridized carbons (Fsp3) is 0.409. The Morgan fingerprint density at radius 3 is 2.38 bits per heavy atom. The summed E-state index contributed by atoms with van der Waals surface area (Å²) in [5.41, 5.74) is 2.17. The van der Waals surface area contributed by atoms with Crippen LogP contribution in [0.3, 0.4) is 0 Å². The highest BCUT2D eigenvalue weighted by Crippen LogP contribution is 2.30. The van der Waals surface area contributed by atoms with Gasteiger partial charge in [-0.25, -0.2) is 0 Å². The Hall–Kier alpha value is -1.84. The minimum absolute atomic E-state index is 0.0925. The van der Waals surface area contributed by atoms with Crippen LogP contribution in [-0.2, 0) is 4.79 Å². The van der Waals surface area contributed by atoms with Crippen molar-refractivity contribution in [3.05, 3.63) is 70.7 Å². The smallest absolute Gasteiger partial charge is 0.227 e. The molecule has 1 amide bonds. The van der Waals surface area contributed by atoms with Gasteiger partial charge in [0.05, 0.1) is 12.0 Å². The highest BCUT2D eigenvalue weighted by molar-refractivity contribution is 6.31. The predicted molar refractivity (Wildman–Crippen MR) is 107 cm³/mol. The van der Waals surface area contributed by atoms with Crippen molar-refractivity contribution in [2.45, 2.75) is 38.1 Å². The van der Waals surface area contributed by atoms with E-state index in [2.05, 4.69) is 23.2 Å². The molecule has 1 N–H and O–H groups in total. The zero-order valence-corrected chi connectivity index (χ0v) is 16.1. The van der Waals surface area contributed by atoms with E-state index < -0.39 is 0 Å². The van der Waals surface area contributed by atoms with E-state index in [1.807, 2.05) is 48.5 Å². The van der Waals surface area contributed by atoms with Crippen LogP contribution < -0.4 is 5.32 Å². The Morgan fingerprint density at radius 2 is 1.73 bits per heavy atom. The molecular formula is C22H27ClN2O. The zero-order valence-electron chi connectivity index (χ0n) is 15.3. The standard InChI is InChI=1S/C22H27ClN2O/c1-2-18(17-10-4-3-5-11-17)22(26)24-16-21(25-14-8-9-15-25)19-12-6-7-13-20(19)23/h3-7,10-13,18,21H,2,8-9,14-16H2,1H3,(H,24,26)/t18-,21-/m1/s1. The number of hydrogen-bond donors (Lipinski definition) is 1. The number of benzene rings is 2. The Balaban J connectivity index is 1.73. The third-order valence-electron chi connectivity index (χ3n) is 5.24. The zero-order chi connectivity index (χ0) is 18.4. The third kappa shape index (κ3) is 4.46. The van der Waals surface area contributed by atoms with Crippen molar-refractivity contribution in [1.82, 2.24) is 10.2 Å². The molecule has 1 fully saturated rings. The van der Waals surface area contributed by atoms with Gasteiger partial charge in [-0.1, -0.05) is 67.1 Å². The summed E-state index contributed by atoms with van der Waals surface area (Å²) in [5.74, 6) is -0.0170. The number of amides is 1. The maximum atomic E-state index is 12.8. The van der Waals surface area contributed by atoms with Gasteiger partial charge in [-0.15, -0.1) is 0 Å². The highest BCUT2D eigenvalue weighted by Gasteiger charge is 2.27. The molecule has 2 aromatic carbocycles. The Morgan fingerprint density at radius 1 is 1.08 bits per heavy atom. The molecule has 0 spiro atoms. The summed E-state index contributed by atoms with van der Waals surface area (Å²) in [5, 5.41) is 3.97. The average molecular weight is 371 g/mol. The number of nitrogens with zero attached hydrogens (tertiary/aromatic N) is 1.